The summed E-state index contributed by atoms with van der Waals surface area (Å²) in [6.07, 6.45) is 2.27. The van der Waals surface area contributed by atoms with E-state index in [1.807, 2.05) is 30.3 Å². The summed E-state index contributed by atoms with van der Waals surface area (Å²) < 4.78 is 20.8. The lowest BCUT2D eigenvalue weighted by Gasteiger charge is -2.34. The number of ether oxygens (including phenoxy) is 1. The van der Waals surface area contributed by atoms with Crippen LogP contribution < -0.4 is 10.0 Å². The molecule has 0 amide bonds. The number of nitrogens with zero attached hydrogens (tertiary/aromatic N) is 1. The van der Waals surface area contributed by atoms with Gasteiger partial charge in [-0.3, -0.25) is 4.79 Å². The van der Waals surface area contributed by atoms with Crippen LogP contribution in [-0.4, -0.2) is 35.0 Å². The van der Waals surface area contributed by atoms with Gasteiger partial charge in [-0.2, -0.15) is 0 Å². The van der Waals surface area contributed by atoms with Crippen LogP contribution in [0.3, 0.4) is 0 Å². The first-order chi connectivity index (χ1) is 11.6. The minimum atomic E-state index is -2.84. The molecule has 1 saturated heterocycles. The molecule has 1 atom stereocenters. The number of hydrogen-bond acceptors (Lipinski definition) is 3. The van der Waals surface area contributed by atoms with E-state index in [0.717, 1.165) is 18.6 Å². The Bertz CT molecular complexity index is 745. The minimum Gasteiger partial charge on any atom is -0.480 e. The van der Waals surface area contributed by atoms with Gasteiger partial charge in [0.05, 0.1) is 0 Å². The van der Waals surface area contributed by atoms with Gasteiger partial charge in [0, 0.05) is 18.0 Å². The second-order valence-electron chi connectivity index (χ2n) is 5.82. The minimum absolute atomic E-state index is 0.181. The van der Waals surface area contributed by atoms with Crippen LogP contribution in [0.1, 0.15) is 12.8 Å². The van der Waals surface area contributed by atoms with Crippen LogP contribution in [0.2, 0.25) is 0 Å². The number of para-hydroxylation sites is 1. The van der Waals surface area contributed by atoms with Crippen molar-refractivity contribution in [1.82, 2.24) is 4.67 Å². The Morgan fingerprint density at radius 3 is 2.38 bits per heavy atom. The number of rotatable bonds is 5. The molecule has 0 saturated carbocycles. The Morgan fingerprint density at radius 1 is 1.04 bits per heavy atom. The second kappa shape index (κ2) is 7.20. The molecule has 5 nitrogen and oxygen atoms in total. The third-order valence-corrected chi connectivity index (χ3v) is 7.40. The zero-order chi connectivity index (χ0) is 17.0. The molecule has 0 bridgehead atoms. The van der Waals surface area contributed by atoms with E-state index in [9.17, 15) is 9.36 Å². The number of aliphatic carboxylic acids is 1. The van der Waals surface area contributed by atoms with E-state index in [-0.39, 0.29) is 6.54 Å². The van der Waals surface area contributed by atoms with Crippen molar-refractivity contribution in [3.8, 4) is 11.5 Å². The van der Waals surface area contributed by atoms with Crippen molar-refractivity contribution in [1.29, 1.82) is 0 Å². The van der Waals surface area contributed by atoms with Crippen molar-refractivity contribution >= 4 is 18.6 Å². The van der Waals surface area contributed by atoms with Gasteiger partial charge < -0.3 is 14.4 Å². The molecule has 1 aliphatic rings. The lowest BCUT2D eigenvalue weighted by molar-refractivity contribution is -0.137. The number of benzene rings is 2. The van der Waals surface area contributed by atoms with Crippen LogP contribution in [0.15, 0.2) is 54.6 Å². The molecule has 0 aromatic heterocycles. The van der Waals surface area contributed by atoms with Crippen LogP contribution in [0.5, 0.6) is 11.5 Å². The van der Waals surface area contributed by atoms with Crippen molar-refractivity contribution in [2.24, 2.45) is 0 Å². The van der Waals surface area contributed by atoms with Gasteiger partial charge in [0.25, 0.3) is 0 Å². The molecule has 1 aliphatic heterocycles. The van der Waals surface area contributed by atoms with E-state index in [0.29, 0.717) is 23.8 Å². The first kappa shape index (κ1) is 16.7. The maximum absolute atomic E-state index is 13.4. The van der Waals surface area contributed by atoms with Crippen molar-refractivity contribution in [2.75, 3.05) is 19.3 Å². The second-order valence-corrected chi connectivity index (χ2v) is 8.76. The normalized spacial score (nSPS) is 21.3. The summed E-state index contributed by atoms with van der Waals surface area (Å²) in [4.78, 5) is 11.1. The lowest BCUT2D eigenvalue weighted by atomic mass is 10.3. The molecule has 1 N–H and O–H groups in total. The highest BCUT2D eigenvalue weighted by atomic mass is 31.2. The molecule has 1 heterocycles. The fraction of sp³-hybridized carbons (Fsp3) is 0.278. The quantitative estimate of drug-likeness (QED) is 0.839. The number of hydrogen-bond donors (Lipinski definition) is 1. The predicted molar refractivity (Wildman–Crippen MR) is 93.5 cm³/mol. The molecule has 6 heteroatoms. The fourth-order valence-corrected chi connectivity index (χ4v) is 5.89. The molecule has 2 aromatic carbocycles. The highest BCUT2D eigenvalue weighted by molar-refractivity contribution is 7.69. The molecule has 126 valence electrons. The summed E-state index contributed by atoms with van der Waals surface area (Å²) in [5, 5.41) is 9.77. The molecule has 1 unspecified atom stereocenters. The Kier molecular flexibility index (Phi) is 5.03. The van der Waals surface area contributed by atoms with E-state index in [1.165, 1.54) is 0 Å². The van der Waals surface area contributed by atoms with E-state index < -0.39 is 13.3 Å². The molecule has 3 rings (SSSR count). The van der Waals surface area contributed by atoms with E-state index >= 15 is 0 Å². The highest BCUT2D eigenvalue weighted by Gasteiger charge is 2.36. The van der Waals surface area contributed by atoms with Crippen LogP contribution in [0.25, 0.3) is 0 Å². The third-order valence-electron chi connectivity index (χ3n) is 4.12. The average Bonchev–Trinajstić information content (AvgIpc) is 2.58. The van der Waals surface area contributed by atoms with Gasteiger partial charge >= 0.3 is 5.97 Å². The van der Waals surface area contributed by atoms with E-state index in [2.05, 4.69) is 0 Å². The first-order valence-corrected chi connectivity index (χ1v) is 9.82. The largest absolute Gasteiger partial charge is 0.480 e. The molecular formula is C18H20NO4P. The van der Waals surface area contributed by atoms with E-state index in [4.69, 9.17) is 9.84 Å². The molecule has 0 spiro atoms. The monoisotopic (exact) mass is 345 g/mol. The molecular weight excluding hydrogens is 325 g/mol. The van der Waals surface area contributed by atoms with Gasteiger partial charge in [0.2, 0.25) is 0 Å². The summed E-state index contributed by atoms with van der Waals surface area (Å²) in [5.74, 6) is 0.460. The SMILES string of the molecule is O=C(O)CN1CCCCP1(=O)c1ccc(Oc2ccccc2)cc1. The Morgan fingerprint density at radius 2 is 1.71 bits per heavy atom. The molecule has 0 radical (unpaired) electrons. The topological polar surface area (TPSA) is 66.8 Å². The zero-order valence-corrected chi connectivity index (χ0v) is 14.2. The Balaban J connectivity index is 1.80. The van der Waals surface area contributed by atoms with Crippen molar-refractivity contribution in [3.05, 3.63) is 54.6 Å². The lowest BCUT2D eigenvalue weighted by Crippen LogP contribution is -2.36. The number of carboxylic acid groups (broad SMARTS) is 1. The summed E-state index contributed by atoms with van der Waals surface area (Å²) in [6, 6.07) is 16.6. The van der Waals surface area contributed by atoms with Crippen molar-refractivity contribution in [2.45, 2.75) is 12.8 Å². The summed E-state index contributed by atoms with van der Waals surface area (Å²) in [6.45, 7) is 0.380. The summed E-state index contributed by atoms with van der Waals surface area (Å²) in [5.41, 5.74) is 0. The van der Waals surface area contributed by atoms with Crippen LogP contribution in [0.4, 0.5) is 0 Å². The zero-order valence-electron chi connectivity index (χ0n) is 13.3. The van der Waals surface area contributed by atoms with Gasteiger partial charge in [-0.15, -0.1) is 0 Å². The third kappa shape index (κ3) is 3.69. The van der Waals surface area contributed by atoms with Crippen LogP contribution >= 0.6 is 7.29 Å². The fourth-order valence-electron chi connectivity index (χ4n) is 2.94. The van der Waals surface area contributed by atoms with Crippen molar-refractivity contribution < 1.29 is 19.2 Å². The summed E-state index contributed by atoms with van der Waals surface area (Å²) in [7, 11) is -2.84. The van der Waals surface area contributed by atoms with Gasteiger partial charge in [-0.1, -0.05) is 18.2 Å². The first-order valence-electron chi connectivity index (χ1n) is 7.98. The number of carbonyl (C=O) groups is 1. The van der Waals surface area contributed by atoms with Gasteiger partial charge in [-0.05, 0) is 49.2 Å². The maximum atomic E-state index is 13.4. The number of carboxylic acids is 1. The average molecular weight is 345 g/mol. The predicted octanol–water partition coefficient (Wildman–Crippen LogP) is 3.56. The Labute approximate surface area is 141 Å². The Hall–Kier alpha value is -2.10. The van der Waals surface area contributed by atoms with Gasteiger partial charge in [0.15, 0.2) is 7.29 Å². The van der Waals surface area contributed by atoms with Crippen molar-refractivity contribution in [3.63, 3.8) is 0 Å². The summed E-state index contributed by atoms with van der Waals surface area (Å²) >= 11 is 0. The smallest absolute Gasteiger partial charge is 0.318 e. The molecule has 24 heavy (non-hydrogen) atoms. The molecule has 2 aromatic rings. The van der Waals surface area contributed by atoms with Gasteiger partial charge in [0.1, 0.15) is 18.0 Å². The van der Waals surface area contributed by atoms with E-state index in [1.54, 1.807) is 28.9 Å². The highest BCUT2D eigenvalue weighted by Crippen LogP contribution is 2.51. The maximum Gasteiger partial charge on any atom is 0.318 e. The standard InChI is InChI=1S/C18H20NO4P/c20-18(21)14-19-12-4-5-13-24(19,22)17-10-8-16(9-11-17)23-15-6-2-1-3-7-15/h1-3,6-11H,4-5,12-14H2,(H,20,21). The van der Waals surface area contributed by atoms with Crippen LogP contribution in [0, 0.1) is 0 Å². The van der Waals surface area contributed by atoms with Crippen LogP contribution in [-0.2, 0) is 9.36 Å². The molecule has 1 fully saturated rings. The van der Waals surface area contributed by atoms with Gasteiger partial charge in [-0.25, -0.2) is 4.67 Å². The molecule has 0 aliphatic carbocycles.